The Morgan fingerprint density at radius 2 is 1.50 bits per heavy atom. The molecule has 0 aliphatic heterocycles. The van der Waals surface area contributed by atoms with Gasteiger partial charge in [-0.05, 0) is 59.7 Å². The van der Waals surface area contributed by atoms with E-state index in [1.54, 1.807) is 27.4 Å². The molecule has 0 saturated carbocycles. The molecule has 2 aromatic rings. The van der Waals surface area contributed by atoms with Gasteiger partial charge in [-0.1, -0.05) is 12.1 Å². The van der Waals surface area contributed by atoms with Crippen LogP contribution in [-0.2, 0) is 6.42 Å². The molecular weight excluding hydrogens is 335 g/mol. The monoisotopic (exact) mass is 358 g/mol. The van der Waals surface area contributed by atoms with Crippen molar-refractivity contribution in [1.29, 1.82) is 0 Å². The predicted octanol–water partition coefficient (Wildman–Crippen LogP) is 4.63. The summed E-state index contributed by atoms with van der Waals surface area (Å²) in [6.45, 7) is 0. The standard InChI is InChI=1S/C21H23FO4/c1-23-17-10-9-15-14(7-5-6-8-16(15)20(17)22)13-11-18(24-2)21(26-4)19(12-13)25-3/h7,9-12H,5-6,8H2,1-4H3. The quantitative estimate of drug-likeness (QED) is 0.781. The van der Waals surface area contributed by atoms with Gasteiger partial charge in [0, 0.05) is 0 Å². The van der Waals surface area contributed by atoms with Crippen molar-refractivity contribution in [2.24, 2.45) is 0 Å². The third kappa shape index (κ3) is 3.09. The van der Waals surface area contributed by atoms with E-state index in [9.17, 15) is 4.39 Å². The molecule has 0 atom stereocenters. The summed E-state index contributed by atoms with van der Waals surface area (Å²) >= 11 is 0. The molecule has 4 nitrogen and oxygen atoms in total. The lowest BCUT2D eigenvalue weighted by atomic mass is 9.92. The van der Waals surface area contributed by atoms with Crippen molar-refractivity contribution < 1.29 is 23.3 Å². The van der Waals surface area contributed by atoms with Gasteiger partial charge in [0.15, 0.2) is 23.1 Å². The summed E-state index contributed by atoms with van der Waals surface area (Å²) in [5, 5.41) is 0. The summed E-state index contributed by atoms with van der Waals surface area (Å²) in [4.78, 5) is 0. The second-order valence-corrected chi connectivity index (χ2v) is 6.03. The van der Waals surface area contributed by atoms with Gasteiger partial charge < -0.3 is 18.9 Å². The Bertz CT molecular complexity index is 817. The zero-order valence-electron chi connectivity index (χ0n) is 15.5. The predicted molar refractivity (Wildman–Crippen MR) is 99.1 cm³/mol. The molecule has 0 fully saturated rings. The molecule has 26 heavy (non-hydrogen) atoms. The molecule has 0 radical (unpaired) electrons. The highest BCUT2D eigenvalue weighted by Gasteiger charge is 2.22. The fourth-order valence-corrected chi connectivity index (χ4v) is 3.40. The van der Waals surface area contributed by atoms with E-state index in [1.807, 2.05) is 18.2 Å². The number of hydrogen-bond acceptors (Lipinski definition) is 4. The van der Waals surface area contributed by atoms with Crippen molar-refractivity contribution in [3.05, 3.63) is 52.8 Å². The van der Waals surface area contributed by atoms with E-state index in [0.29, 0.717) is 29.2 Å². The van der Waals surface area contributed by atoms with Gasteiger partial charge in [-0.25, -0.2) is 4.39 Å². The SMILES string of the molecule is COc1ccc2c(c1F)CCCC=C2c1cc(OC)c(OC)c(OC)c1. The molecule has 0 spiro atoms. The van der Waals surface area contributed by atoms with E-state index in [4.69, 9.17) is 18.9 Å². The van der Waals surface area contributed by atoms with Crippen molar-refractivity contribution in [3.63, 3.8) is 0 Å². The summed E-state index contributed by atoms with van der Waals surface area (Å²) in [7, 11) is 6.22. The topological polar surface area (TPSA) is 36.9 Å². The van der Waals surface area contributed by atoms with Gasteiger partial charge in [-0.15, -0.1) is 0 Å². The van der Waals surface area contributed by atoms with Gasteiger partial charge >= 0.3 is 0 Å². The Balaban J connectivity index is 2.19. The average Bonchev–Trinajstić information content (AvgIpc) is 2.90. The van der Waals surface area contributed by atoms with Gasteiger partial charge in [0.05, 0.1) is 28.4 Å². The van der Waals surface area contributed by atoms with Crippen LogP contribution in [0.15, 0.2) is 30.3 Å². The van der Waals surface area contributed by atoms with Crippen LogP contribution in [0.1, 0.15) is 29.5 Å². The van der Waals surface area contributed by atoms with Crippen LogP contribution in [0, 0.1) is 5.82 Å². The highest BCUT2D eigenvalue weighted by Crippen LogP contribution is 2.43. The third-order valence-corrected chi connectivity index (χ3v) is 4.67. The van der Waals surface area contributed by atoms with Crippen LogP contribution >= 0.6 is 0 Å². The highest BCUT2D eigenvalue weighted by molar-refractivity contribution is 5.84. The molecule has 0 N–H and O–H groups in total. The smallest absolute Gasteiger partial charge is 0.203 e. The molecule has 5 heteroatoms. The zero-order valence-corrected chi connectivity index (χ0v) is 15.5. The Hall–Kier alpha value is -2.69. The maximum absolute atomic E-state index is 14.8. The van der Waals surface area contributed by atoms with Gasteiger partial charge in [0.1, 0.15) is 0 Å². The van der Waals surface area contributed by atoms with Crippen LogP contribution in [0.25, 0.3) is 5.57 Å². The Morgan fingerprint density at radius 1 is 0.846 bits per heavy atom. The number of halogens is 1. The second-order valence-electron chi connectivity index (χ2n) is 6.03. The molecule has 1 aliphatic rings. The molecule has 2 aromatic carbocycles. The lowest BCUT2D eigenvalue weighted by molar-refractivity contribution is 0.324. The Labute approximate surface area is 153 Å². The number of ether oxygens (including phenoxy) is 4. The minimum atomic E-state index is -0.287. The fraction of sp³-hybridized carbons (Fsp3) is 0.333. The van der Waals surface area contributed by atoms with E-state index in [0.717, 1.165) is 29.5 Å². The maximum atomic E-state index is 14.8. The van der Waals surface area contributed by atoms with Gasteiger partial charge in [-0.3, -0.25) is 0 Å². The third-order valence-electron chi connectivity index (χ3n) is 4.67. The number of allylic oxidation sites excluding steroid dienone is 1. The first kappa shape index (κ1) is 18.1. The van der Waals surface area contributed by atoms with Crippen molar-refractivity contribution in [3.8, 4) is 23.0 Å². The molecule has 0 bridgehead atoms. The first-order valence-corrected chi connectivity index (χ1v) is 8.50. The van der Waals surface area contributed by atoms with Gasteiger partial charge in [-0.2, -0.15) is 0 Å². The number of methoxy groups -OCH3 is 4. The molecule has 0 unspecified atom stereocenters. The minimum absolute atomic E-state index is 0.273. The van der Waals surface area contributed by atoms with Crippen molar-refractivity contribution in [2.45, 2.75) is 19.3 Å². The Morgan fingerprint density at radius 3 is 2.08 bits per heavy atom. The van der Waals surface area contributed by atoms with E-state index < -0.39 is 0 Å². The van der Waals surface area contributed by atoms with Crippen molar-refractivity contribution in [2.75, 3.05) is 28.4 Å². The number of fused-ring (bicyclic) bond motifs is 1. The van der Waals surface area contributed by atoms with Crippen LogP contribution in [-0.4, -0.2) is 28.4 Å². The summed E-state index contributed by atoms with van der Waals surface area (Å²) in [5.74, 6) is 1.67. The van der Waals surface area contributed by atoms with Gasteiger partial charge in [0.2, 0.25) is 5.75 Å². The molecule has 3 rings (SSSR count). The first-order chi connectivity index (χ1) is 12.6. The van der Waals surface area contributed by atoms with Crippen molar-refractivity contribution in [1.82, 2.24) is 0 Å². The maximum Gasteiger partial charge on any atom is 0.203 e. The number of benzene rings is 2. The van der Waals surface area contributed by atoms with E-state index in [1.165, 1.54) is 7.11 Å². The summed E-state index contributed by atoms with van der Waals surface area (Å²) in [5.41, 5.74) is 3.41. The lowest BCUT2D eigenvalue weighted by Crippen LogP contribution is -2.01. The second kappa shape index (κ2) is 7.68. The molecule has 0 saturated heterocycles. The molecule has 1 aliphatic carbocycles. The van der Waals surface area contributed by atoms with Crippen LogP contribution in [0.4, 0.5) is 4.39 Å². The van der Waals surface area contributed by atoms with Crippen LogP contribution < -0.4 is 18.9 Å². The highest BCUT2D eigenvalue weighted by atomic mass is 19.1. The van der Waals surface area contributed by atoms with Crippen LogP contribution in [0.5, 0.6) is 23.0 Å². The number of rotatable bonds is 5. The van der Waals surface area contributed by atoms with Crippen LogP contribution in [0.2, 0.25) is 0 Å². The van der Waals surface area contributed by atoms with Crippen molar-refractivity contribution >= 4 is 5.57 Å². The normalized spacial score (nSPS) is 13.3. The van der Waals surface area contributed by atoms with Gasteiger partial charge in [0.25, 0.3) is 0 Å². The summed E-state index contributed by atoms with van der Waals surface area (Å²) in [6, 6.07) is 7.37. The molecule has 0 aromatic heterocycles. The molecule has 138 valence electrons. The minimum Gasteiger partial charge on any atom is -0.494 e. The average molecular weight is 358 g/mol. The fourth-order valence-electron chi connectivity index (χ4n) is 3.40. The summed E-state index contributed by atoms with van der Waals surface area (Å²) in [6.07, 6.45) is 4.55. The van der Waals surface area contributed by atoms with E-state index in [2.05, 4.69) is 6.08 Å². The Kier molecular flexibility index (Phi) is 5.35. The molecule has 0 amide bonds. The molecule has 0 heterocycles. The number of hydrogen-bond donors (Lipinski definition) is 0. The van der Waals surface area contributed by atoms with Crippen LogP contribution in [0.3, 0.4) is 0 Å². The zero-order chi connectivity index (χ0) is 18.7. The van der Waals surface area contributed by atoms with E-state index in [-0.39, 0.29) is 11.6 Å². The lowest BCUT2D eigenvalue weighted by Gasteiger charge is -2.17. The molecular formula is C21H23FO4. The largest absolute Gasteiger partial charge is 0.494 e. The van der Waals surface area contributed by atoms with E-state index >= 15 is 0 Å². The summed E-state index contributed by atoms with van der Waals surface area (Å²) < 4.78 is 36.3. The first-order valence-electron chi connectivity index (χ1n) is 8.50.